The average molecular weight is 278 g/mol. The number of carbonyl (C=O) groups excluding carboxylic acids is 1. The second kappa shape index (κ2) is 5.79. The van der Waals surface area contributed by atoms with Gasteiger partial charge in [-0.15, -0.1) is 0 Å². The molecule has 0 radical (unpaired) electrons. The third-order valence-electron chi connectivity index (χ3n) is 2.32. The molecule has 0 fully saturated rings. The highest BCUT2D eigenvalue weighted by molar-refractivity contribution is 7.99. The zero-order valence-corrected chi connectivity index (χ0v) is 11.5. The predicted octanol–water partition coefficient (Wildman–Crippen LogP) is 2.89. The van der Waals surface area contributed by atoms with Gasteiger partial charge in [-0.05, 0) is 43.8 Å². The van der Waals surface area contributed by atoms with E-state index in [2.05, 4.69) is 4.98 Å². The molecule has 0 saturated heterocycles. The molecule has 1 aromatic heterocycles. The van der Waals surface area contributed by atoms with Crippen LogP contribution in [0.15, 0.2) is 39.0 Å². The van der Waals surface area contributed by atoms with E-state index in [1.165, 1.54) is 11.8 Å². The van der Waals surface area contributed by atoms with Gasteiger partial charge in [0.2, 0.25) is 0 Å². The van der Waals surface area contributed by atoms with Gasteiger partial charge < -0.3 is 14.9 Å². The highest BCUT2D eigenvalue weighted by Crippen LogP contribution is 2.32. The fourth-order valence-electron chi connectivity index (χ4n) is 1.44. The third kappa shape index (κ3) is 3.29. The molecule has 0 aliphatic rings. The lowest BCUT2D eigenvalue weighted by Gasteiger charge is -2.06. The average Bonchev–Trinajstić information content (AvgIpc) is 2.78. The number of nitrogens with two attached hydrogens (primary N) is 1. The van der Waals surface area contributed by atoms with Gasteiger partial charge in [0.15, 0.2) is 0 Å². The van der Waals surface area contributed by atoms with Crippen molar-refractivity contribution < 1.29 is 13.9 Å². The summed E-state index contributed by atoms with van der Waals surface area (Å²) in [5.74, 6) is -0.368. The first-order valence-electron chi connectivity index (χ1n) is 5.76. The van der Waals surface area contributed by atoms with Crippen molar-refractivity contribution in [2.45, 2.75) is 24.0 Å². The molecule has 2 aromatic rings. The molecule has 0 amide bonds. The summed E-state index contributed by atoms with van der Waals surface area (Å²) >= 11 is 1.27. The summed E-state index contributed by atoms with van der Waals surface area (Å²) in [6.45, 7) is 3.94. The zero-order chi connectivity index (χ0) is 13.8. The Morgan fingerprint density at radius 3 is 2.95 bits per heavy atom. The van der Waals surface area contributed by atoms with E-state index in [1.54, 1.807) is 31.4 Å². The van der Waals surface area contributed by atoms with E-state index in [0.717, 1.165) is 5.69 Å². The lowest BCUT2D eigenvalue weighted by atomic mass is 10.2. The molecule has 1 heterocycles. The predicted molar refractivity (Wildman–Crippen MR) is 72.2 cm³/mol. The Bertz CT molecular complexity index is 595. The van der Waals surface area contributed by atoms with Crippen molar-refractivity contribution >= 4 is 23.4 Å². The zero-order valence-electron chi connectivity index (χ0n) is 10.7. The molecular formula is C13H14N2O3S. The second-order valence-corrected chi connectivity index (χ2v) is 4.82. The van der Waals surface area contributed by atoms with Crippen molar-refractivity contribution in [3.63, 3.8) is 0 Å². The van der Waals surface area contributed by atoms with E-state index >= 15 is 0 Å². The fraction of sp³-hybridized carbons (Fsp3) is 0.231. The van der Waals surface area contributed by atoms with E-state index in [1.807, 2.05) is 6.92 Å². The Hall–Kier alpha value is -1.95. The second-order valence-electron chi connectivity index (χ2n) is 3.83. The number of benzene rings is 1. The van der Waals surface area contributed by atoms with Crippen molar-refractivity contribution in [2.75, 3.05) is 12.3 Å². The number of hydrogen-bond acceptors (Lipinski definition) is 6. The molecule has 0 spiro atoms. The first-order chi connectivity index (χ1) is 9.10. The molecule has 0 atom stereocenters. The fourth-order valence-corrected chi connectivity index (χ4v) is 2.28. The molecule has 0 saturated carbocycles. The van der Waals surface area contributed by atoms with Crippen LogP contribution in [0.25, 0.3) is 0 Å². The Morgan fingerprint density at radius 1 is 1.53 bits per heavy atom. The number of ether oxygens (including phenoxy) is 1. The summed E-state index contributed by atoms with van der Waals surface area (Å²) in [6, 6.07) is 4.99. The van der Waals surface area contributed by atoms with Crippen LogP contribution < -0.4 is 5.73 Å². The summed E-state index contributed by atoms with van der Waals surface area (Å²) in [5.41, 5.74) is 7.69. The number of nitrogen functional groups attached to an aromatic ring is 1. The van der Waals surface area contributed by atoms with Crippen LogP contribution in [0.2, 0.25) is 0 Å². The summed E-state index contributed by atoms with van der Waals surface area (Å²) in [5, 5.41) is 0.491. The Morgan fingerprint density at radius 2 is 2.32 bits per heavy atom. The van der Waals surface area contributed by atoms with E-state index in [0.29, 0.717) is 28.0 Å². The minimum absolute atomic E-state index is 0.338. The highest BCUT2D eigenvalue weighted by atomic mass is 32.2. The number of nitrogens with zero attached hydrogens (tertiary/aromatic N) is 1. The molecule has 19 heavy (non-hydrogen) atoms. The van der Waals surface area contributed by atoms with Crippen LogP contribution in [0, 0.1) is 6.92 Å². The quantitative estimate of drug-likeness (QED) is 0.684. The van der Waals surface area contributed by atoms with Gasteiger partial charge in [-0.25, -0.2) is 9.78 Å². The molecule has 100 valence electrons. The summed E-state index contributed by atoms with van der Waals surface area (Å²) < 4.78 is 10.2. The number of oxazole rings is 1. The Labute approximate surface area is 115 Å². The summed E-state index contributed by atoms with van der Waals surface area (Å²) in [6.07, 6.45) is 1.56. The number of rotatable bonds is 4. The first-order valence-corrected chi connectivity index (χ1v) is 6.58. The largest absolute Gasteiger partial charge is 0.462 e. The Balaban J connectivity index is 2.24. The van der Waals surface area contributed by atoms with E-state index in [4.69, 9.17) is 14.9 Å². The molecule has 1 aromatic carbocycles. The van der Waals surface area contributed by atoms with Crippen LogP contribution in [0.4, 0.5) is 5.69 Å². The molecule has 0 unspecified atom stereocenters. The van der Waals surface area contributed by atoms with Crippen molar-refractivity contribution in [1.29, 1.82) is 0 Å². The van der Waals surface area contributed by atoms with Crippen LogP contribution in [0.5, 0.6) is 0 Å². The van der Waals surface area contributed by atoms with Gasteiger partial charge in [0.05, 0.1) is 17.9 Å². The molecule has 2 rings (SSSR count). The number of anilines is 1. The van der Waals surface area contributed by atoms with E-state index in [9.17, 15) is 4.79 Å². The van der Waals surface area contributed by atoms with Crippen molar-refractivity contribution in [3.8, 4) is 0 Å². The van der Waals surface area contributed by atoms with E-state index < -0.39 is 0 Å². The van der Waals surface area contributed by atoms with Gasteiger partial charge in [0, 0.05) is 10.6 Å². The van der Waals surface area contributed by atoms with Gasteiger partial charge in [-0.1, -0.05) is 0 Å². The minimum Gasteiger partial charge on any atom is -0.462 e. The van der Waals surface area contributed by atoms with E-state index in [-0.39, 0.29) is 5.97 Å². The maximum absolute atomic E-state index is 11.7. The molecule has 0 bridgehead atoms. The topological polar surface area (TPSA) is 78.4 Å². The maximum Gasteiger partial charge on any atom is 0.338 e. The standard InChI is InChI=1S/C13H14N2O3S/c1-3-17-12(16)9-4-5-10(14)11(6-9)19-13-15-8(2)7-18-13/h4-7H,3,14H2,1-2H3. The van der Waals surface area contributed by atoms with Gasteiger partial charge in [0.1, 0.15) is 6.26 Å². The normalized spacial score (nSPS) is 10.4. The minimum atomic E-state index is -0.368. The van der Waals surface area contributed by atoms with Crippen LogP contribution in [-0.4, -0.2) is 17.6 Å². The smallest absolute Gasteiger partial charge is 0.338 e. The van der Waals surface area contributed by atoms with Crippen molar-refractivity contribution in [1.82, 2.24) is 4.98 Å². The van der Waals surface area contributed by atoms with Gasteiger partial charge in [0.25, 0.3) is 5.22 Å². The molecule has 5 nitrogen and oxygen atoms in total. The van der Waals surface area contributed by atoms with Gasteiger partial charge >= 0.3 is 5.97 Å². The first kappa shape index (κ1) is 13.5. The maximum atomic E-state index is 11.7. The number of esters is 1. The third-order valence-corrected chi connectivity index (χ3v) is 3.26. The van der Waals surface area contributed by atoms with Crippen LogP contribution in [0.3, 0.4) is 0 Å². The lowest BCUT2D eigenvalue weighted by molar-refractivity contribution is 0.0526. The summed E-state index contributed by atoms with van der Waals surface area (Å²) in [4.78, 5) is 16.6. The number of aromatic nitrogens is 1. The van der Waals surface area contributed by atoms with Crippen molar-refractivity contribution in [3.05, 3.63) is 35.7 Å². The highest BCUT2D eigenvalue weighted by Gasteiger charge is 2.12. The molecule has 2 N–H and O–H groups in total. The van der Waals surface area contributed by atoms with Crippen LogP contribution in [0.1, 0.15) is 23.0 Å². The van der Waals surface area contributed by atoms with Gasteiger partial charge in [-0.2, -0.15) is 0 Å². The molecule has 6 heteroatoms. The Kier molecular flexibility index (Phi) is 4.11. The summed E-state index contributed by atoms with van der Waals surface area (Å²) in [7, 11) is 0. The molecule has 0 aliphatic heterocycles. The number of carbonyl (C=O) groups is 1. The molecular weight excluding hydrogens is 264 g/mol. The lowest BCUT2D eigenvalue weighted by Crippen LogP contribution is -2.05. The van der Waals surface area contributed by atoms with Gasteiger partial charge in [-0.3, -0.25) is 0 Å². The van der Waals surface area contributed by atoms with Crippen LogP contribution >= 0.6 is 11.8 Å². The monoisotopic (exact) mass is 278 g/mol. The van der Waals surface area contributed by atoms with Crippen LogP contribution in [-0.2, 0) is 4.74 Å². The SMILES string of the molecule is CCOC(=O)c1ccc(N)c(Sc2nc(C)co2)c1. The number of aryl methyl sites for hydroxylation is 1. The number of hydrogen-bond donors (Lipinski definition) is 1. The van der Waals surface area contributed by atoms with Crippen molar-refractivity contribution in [2.24, 2.45) is 0 Å². The molecule has 0 aliphatic carbocycles.